The lowest BCUT2D eigenvalue weighted by atomic mass is 9.95. The van der Waals surface area contributed by atoms with E-state index in [0.717, 1.165) is 225 Å². The molecule has 21 heteroatoms. The van der Waals surface area contributed by atoms with E-state index in [4.69, 9.17) is 48.1 Å². The first-order chi connectivity index (χ1) is 53.4. The summed E-state index contributed by atoms with van der Waals surface area (Å²) in [5.74, 6) is 2.10. The van der Waals surface area contributed by atoms with E-state index in [1.54, 1.807) is 12.1 Å². The standard InChI is InChI=1S/2C30H43N3O3.C29H38FN3O5.CH4/c2*1-21(2)36-23(4)27-12-5-6-13-28(27)29(22(3)34)33-18-16-26(20-33)35-19-8-7-11-25-15-14-24-10-9-17-31-30(24)32-25;30-26-8-3-7-24(25(26)19-38-23-12-16-36-18-23)27(29(34)35)33-14-11-22(17-33)37-15-2-1-6-21-10-9-20-5-4-13-31-28(20)32-21;/h2*5-6,12-15,21,23,26,29,34H,3,7-11,16-20H2,1-2,4H3,(H,31,32);3,7-10,22-23,27H,1-2,4-6,11-19H2,(H,31,32)(H,34,35);1H4/t23-,26+,29+;23-,26+,29-;22-,23-,27?;/m001./s1. The van der Waals surface area contributed by atoms with Crippen molar-refractivity contribution in [1.82, 2.24) is 29.7 Å². The Kier molecular flexibility index (Phi) is 33.9. The molecular weight excluding hydrogens is 1400 g/mol. The van der Waals surface area contributed by atoms with Crippen molar-refractivity contribution in [3.8, 4) is 0 Å². The van der Waals surface area contributed by atoms with Crippen molar-refractivity contribution in [1.29, 1.82) is 0 Å². The molecule has 0 aliphatic carbocycles. The lowest BCUT2D eigenvalue weighted by Gasteiger charge is -2.30. The predicted octanol–water partition coefficient (Wildman–Crippen LogP) is 17.1. The second-order valence-electron chi connectivity index (χ2n) is 31.3. The molecule has 606 valence electrons. The Morgan fingerprint density at radius 2 is 0.883 bits per heavy atom. The minimum Gasteiger partial charge on any atom is -0.511 e. The number of ether oxygens (including phenoxy) is 7. The van der Waals surface area contributed by atoms with Gasteiger partial charge in [-0.15, -0.1) is 0 Å². The third kappa shape index (κ3) is 25.0. The molecular formula is C90H128FN9O11. The van der Waals surface area contributed by atoms with Crippen LogP contribution in [0.3, 0.4) is 0 Å². The van der Waals surface area contributed by atoms with Crippen LogP contribution < -0.4 is 16.0 Å². The number of fused-ring (bicyclic) bond motifs is 3. The molecule has 20 nitrogen and oxygen atoms in total. The molecule has 1 unspecified atom stereocenters. The number of anilines is 3. The third-order valence-corrected chi connectivity index (χ3v) is 22.1. The summed E-state index contributed by atoms with van der Waals surface area (Å²) in [6, 6.07) is 32.8. The third-order valence-electron chi connectivity index (χ3n) is 22.1. The number of benzene rings is 3. The number of hydrogen-bond acceptors (Lipinski definition) is 19. The number of nitrogens with one attached hydrogen (secondary N) is 3. The number of halogens is 1. The van der Waals surface area contributed by atoms with Crippen molar-refractivity contribution < 1.29 is 57.7 Å². The fourth-order valence-corrected chi connectivity index (χ4v) is 16.6. The summed E-state index contributed by atoms with van der Waals surface area (Å²) < 4.78 is 56.7. The highest BCUT2D eigenvalue weighted by Gasteiger charge is 2.38. The van der Waals surface area contributed by atoms with Crippen LogP contribution in [0.4, 0.5) is 21.8 Å². The van der Waals surface area contributed by atoms with Gasteiger partial charge in [-0.2, -0.15) is 0 Å². The molecule has 0 bridgehead atoms. The zero-order valence-corrected chi connectivity index (χ0v) is 66.3. The molecule has 0 radical (unpaired) electrons. The molecule has 9 atom stereocenters. The Bertz CT molecular complexity index is 3730. The summed E-state index contributed by atoms with van der Waals surface area (Å²) in [6.45, 7) is 30.9. The molecule has 0 amide bonds. The molecule has 6 aromatic rings. The monoisotopic (exact) mass is 1530 g/mol. The maximum atomic E-state index is 14.8. The lowest BCUT2D eigenvalue weighted by Crippen LogP contribution is -2.34. The van der Waals surface area contributed by atoms with Crippen molar-refractivity contribution in [3.05, 3.63) is 201 Å². The van der Waals surface area contributed by atoms with Crippen molar-refractivity contribution in [2.75, 3.05) is 108 Å². The number of aliphatic hydroxyl groups excluding tert-OH is 2. The van der Waals surface area contributed by atoms with Crippen LogP contribution in [0, 0.1) is 5.82 Å². The second-order valence-corrected chi connectivity index (χ2v) is 31.3. The van der Waals surface area contributed by atoms with Gasteiger partial charge < -0.3 is 64.4 Å². The molecule has 3 aromatic carbocycles. The average molecular weight is 1530 g/mol. The molecule has 0 spiro atoms. The van der Waals surface area contributed by atoms with E-state index in [2.05, 4.69) is 113 Å². The number of aryl methyl sites for hydroxylation is 6. The van der Waals surface area contributed by atoms with Crippen molar-refractivity contribution in [3.63, 3.8) is 0 Å². The van der Waals surface area contributed by atoms with Crippen molar-refractivity contribution in [2.24, 2.45) is 0 Å². The second kappa shape index (κ2) is 43.7. The number of aromatic nitrogens is 3. The summed E-state index contributed by atoms with van der Waals surface area (Å²) in [7, 11) is 0. The normalized spacial score (nSPS) is 20.3. The zero-order chi connectivity index (χ0) is 77.3. The number of pyridine rings is 3. The number of likely N-dealkylation sites (tertiary alicyclic amines) is 3. The quantitative estimate of drug-likeness (QED) is 0.0159. The largest absolute Gasteiger partial charge is 0.511 e. The fraction of sp³-hybridized carbons (Fsp3) is 0.578. The molecule has 6 N–H and O–H groups in total. The maximum absolute atomic E-state index is 14.8. The van der Waals surface area contributed by atoms with Gasteiger partial charge in [0.1, 0.15) is 40.8 Å². The minimum absolute atomic E-state index is 0. The maximum Gasteiger partial charge on any atom is 0.325 e. The number of aliphatic hydroxyl groups is 2. The van der Waals surface area contributed by atoms with Crippen LogP contribution in [0.2, 0.25) is 0 Å². The summed E-state index contributed by atoms with van der Waals surface area (Å²) in [5.41, 5.74) is 12.5. The number of carboxylic acid groups (broad SMARTS) is 1. The molecule has 111 heavy (non-hydrogen) atoms. The minimum atomic E-state index is -0.992. The molecule has 10 heterocycles. The highest BCUT2D eigenvalue weighted by Crippen LogP contribution is 2.39. The molecule has 13 rings (SSSR count). The van der Waals surface area contributed by atoms with Crippen LogP contribution in [0.5, 0.6) is 0 Å². The summed E-state index contributed by atoms with van der Waals surface area (Å²) in [6.07, 6.45) is 19.7. The number of carbonyl (C=O) groups is 1. The average Bonchev–Trinajstić information content (AvgIpc) is 1.79. The molecule has 7 aliphatic rings. The Balaban J connectivity index is 0.000000176. The van der Waals surface area contributed by atoms with Gasteiger partial charge in [0.05, 0.1) is 74.1 Å². The van der Waals surface area contributed by atoms with Gasteiger partial charge in [0, 0.05) is 108 Å². The van der Waals surface area contributed by atoms with Crippen LogP contribution in [0.25, 0.3) is 0 Å². The van der Waals surface area contributed by atoms with Crippen molar-refractivity contribution in [2.45, 2.75) is 245 Å². The highest BCUT2D eigenvalue weighted by atomic mass is 19.1. The number of nitrogens with zero attached hydrogens (tertiary/aromatic N) is 6. The van der Waals surface area contributed by atoms with E-state index >= 15 is 0 Å². The van der Waals surface area contributed by atoms with Gasteiger partial charge in [-0.1, -0.05) is 99.4 Å². The van der Waals surface area contributed by atoms with E-state index in [1.807, 2.05) is 56.9 Å². The van der Waals surface area contributed by atoms with E-state index in [-0.39, 0.29) is 86.5 Å². The van der Waals surface area contributed by atoms with Gasteiger partial charge in [0.25, 0.3) is 0 Å². The number of hydrogen-bond donors (Lipinski definition) is 6. The first-order valence-corrected chi connectivity index (χ1v) is 41.1. The number of unbranched alkanes of at least 4 members (excludes halogenated alkanes) is 3. The van der Waals surface area contributed by atoms with Gasteiger partial charge in [0.15, 0.2) is 0 Å². The van der Waals surface area contributed by atoms with Gasteiger partial charge in [0.2, 0.25) is 0 Å². The van der Waals surface area contributed by atoms with Gasteiger partial charge in [-0.25, -0.2) is 19.3 Å². The molecule has 0 saturated carbocycles. The molecule has 4 saturated heterocycles. The SMILES string of the molecule is C.C=C(O)[C@@H](c1ccccc1[C@H](C)OC(C)C)N1CC[C@@H](OCCCCc2ccc3c(n2)NCCC3)C1.C=C(O)[C@H](c1ccccc1[C@H](C)OC(C)C)N1CC[C@@H](OCCCCc2ccc3c(n2)NCCC3)C1.O=C(O)C(c1cccc(F)c1CO[C@@H]1CCOC1)N1CC[C@@H](OCCCCc2ccc3c(n2)NCCC3)C1. The number of aliphatic carboxylic acids is 1. The first-order valence-electron chi connectivity index (χ1n) is 41.1. The number of carboxylic acids is 1. The lowest BCUT2D eigenvalue weighted by molar-refractivity contribution is -0.143. The molecule has 4 fully saturated rings. The van der Waals surface area contributed by atoms with E-state index in [0.29, 0.717) is 44.0 Å². The topological polar surface area (TPSA) is 227 Å². The van der Waals surface area contributed by atoms with E-state index in [1.165, 1.54) is 35.6 Å². The summed E-state index contributed by atoms with van der Waals surface area (Å²) in [4.78, 5) is 33.2. The predicted molar refractivity (Wildman–Crippen MR) is 438 cm³/mol. The Labute approximate surface area is 660 Å². The Morgan fingerprint density at radius 3 is 1.25 bits per heavy atom. The van der Waals surface area contributed by atoms with Crippen LogP contribution in [-0.4, -0.2) is 180 Å². The first kappa shape index (κ1) is 86.0. The smallest absolute Gasteiger partial charge is 0.325 e. The van der Waals surface area contributed by atoms with Gasteiger partial charge >= 0.3 is 5.97 Å². The van der Waals surface area contributed by atoms with Crippen molar-refractivity contribution >= 4 is 23.4 Å². The molecule has 7 aliphatic heterocycles. The highest BCUT2D eigenvalue weighted by molar-refractivity contribution is 5.76. The zero-order valence-electron chi connectivity index (χ0n) is 66.3. The van der Waals surface area contributed by atoms with Crippen LogP contribution >= 0.6 is 0 Å². The molecule has 3 aromatic heterocycles. The van der Waals surface area contributed by atoms with Crippen LogP contribution in [0.15, 0.2) is 128 Å². The van der Waals surface area contributed by atoms with Crippen LogP contribution in [0.1, 0.15) is 230 Å². The van der Waals surface area contributed by atoms with Crippen LogP contribution in [-0.2, 0) is 83.1 Å². The Morgan fingerprint density at radius 1 is 0.495 bits per heavy atom. The van der Waals surface area contributed by atoms with Gasteiger partial charge in [-0.3, -0.25) is 19.5 Å². The Hall–Kier alpha value is -7.41. The van der Waals surface area contributed by atoms with E-state index < -0.39 is 17.8 Å². The van der Waals surface area contributed by atoms with Gasteiger partial charge in [-0.05, 0) is 232 Å². The number of rotatable bonds is 36. The fourth-order valence-electron chi connectivity index (χ4n) is 16.6. The van der Waals surface area contributed by atoms with E-state index in [9.17, 15) is 24.5 Å². The summed E-state index contributed by atoms with van der Waals surface area (Å²) in [5, 5.41) is 41.5. The summed E-state index contributed by atoms with van der Waals surface area (Å²) >= 11 is 0.